The molecule has 0 aliphatic carbocycles. The standard InChI is InChI=1S/C19H22N2O7/c1-5-26-13-9-16(23)20(10-13)17-14-8-12(21(24)25)6-7-15(14)28-19(3,4)18(17)27-11(2)22/h6-9,17-18H,5,10H2,1-4H3/t17-,18+/m1/s1. The average molecular weight is 390 g/mol. The van der Waals surface area contributed by atoms with E-state index >= 15 is 0 Å². The highest BCUT2D eigenvalue weighted by molar-refractivity contribution is 5.91. The van der Waals surface area contributed by atoms with Gasteiger partial charge in [-0.25, -0.2) is 0 Å². The lowest BCUT2D eigenvalue weighted by atomic mass is 9.85. The Morgan fingerprint density at radius 1 is 1.43 bits per heavy atom. The number of nitro groups is 1. The minimum atomic E-state index is -0.964. The van der Waals surface area contributed by atoms with Crippen molar-refractivity contribution in [2.75, 3.05) is 13.2 Å². The first-order valence-electron chi connectivity index (χ1n) is 8.92. The van der Waals surface area contributed by atoms with E-state index in [4.69, 9.17) is 14.2 Å². The van der Waals surface area contributed by atoms with Crippen LogP contribution in [0.4, 0.5) is 5.69 Å². The number of amides is 1. The van der Waals surface area contributed by atoms with Gasteiger partial charge in [0.2, 0.25) is 0 Å². The fraction of sp³-hybridized carbons (Fsp3) is 0.474. The molecule has 2 atom stereocenters. The summed E-state index contributed by atoms with van der Waals surface area (Å²) in [5.74, 6) is 0.0398. The summed E-state index contributed by atoms with van der Waals surface area (Å²) in [5.41, 5.74) is -0.689. The highest BCUT2D eigenvalue weighted by Gasteiger charge is 2.51. The van der Waals surface area contributed by atoms with Gasteiger partial charge in [-0.05, 0) is 26.8 Å². The second-order valence-corrected chi connectivity index (χ2v) is 7.17. The van der Waals surface area contributed by atoms with Gasteiger partial charge < -0.3 is 19.1 Å². The summed E-state index contributed by atoms with van der Waals surface area (Å²) in [5, 5.41) is 11.3. The molecule has 1 amide bonds. The number of rotatable bonds is 5. The van der Waals surface area contributed by atoms with Crippen LogP contribution in [-0.4, -0.2) is 46.6 Å². The molecule has 9 nitrogen and oxygen atoms in total. The normalized spacial score (nSPS) is 22.8. The molecule has 0 saturated carbocycles. The summed E-state index contributed by atoms with van der Waals surface area (Å²) >= 11 is 0. The highest BCUT2D eigenvalue weighted by atomic mass is 16.6. The van der Waals surface area contributed by atoms with Crippen molar-refractivity contribution in [1.82, 2.24) is 4.90 Å². The van der Waals surface area contributed by atoms with Crippen LogP contribution in [-0.2, 0) is 19.1 Å². The predicted octanol–water partition coefficient (Wildman–Crippen LogP) is 2.50. The van der Waals surface area contributed by atoms with Crippen LogP contribution in [0.2, 0.25) is 0 Å². The summed E-state index contributed by atoms with van der Waals surface area (Å²) in [6.07, 6.45) is 0.520. The van der Waals surface area contributed by atoms with Crippen LogP contribution in [0, 0.1) is 10.1 Å². The van der Waals surface area contributed by atoms with Crippen molar-refractivity contribution in [1.29, 1.82) is 0 Å². The van der Waals surface area contributed by atoms with Crippen molar-refractivity contribution in [3.63, 3.8) is 0 Å². The van der Waals surface area contributed by atoms with E-state index in [-0.39, 0.29) is 18.1 Å². The first kappa shape index (κ1) is 19.7. The molecule has 0 N–H and O–H groups in total. The molecule has 2 aliphatic heterocycles. The van der Waals surface area contributed by atoms with E-state index in [2.05, 4.69) is 0 Å². The average Bonchev–Trinajstić information content (AvgIpc) is 2.95. The zero-order valence-electron chi connectivity index (χ0n) is 16.1. The number of hydrogen-bond donors (Lipinski definition) is 0. The zero-order chi connectivity index (χ0) is 20.6. The Morgan fingerprint density at radius 3 is 2.75 bits per heavy atom. The predicted molar refractivity (Wildman–Crippen MR) is 97.5 cm³/mol. The number of esters is 1. The Hall–Kier alpha value is -3.10. The molecule has 1 aromatic carbocycles. The number of hydrogen-bond acceptors (Lipinski definition) is 7. The Morgan fingerprint density at radius 2 is 2.14 bits per heavy atom. The topological polar surface area (TPSA) is 108 Å². The first-order valence-corrected chi connectivity index (χ1v) is 8.92. The van der Waals surface area contributed by atoms with Gasteiger partial charge >= 0.3 is 5.97 Å². The van der Waals surface area contributed by atoms with Crippen LogP contribution in [0.1, 0.15) is 39.3 Å². The van der Waals surface area contributed by atoms with E-state index in [1.165, 1.54) is 36.1 Å². The van der Waals surface area contributed by atoms with Gasteiger partial charge in [-0.1, -0.05) is 0 Å². The Bertz CT molecular complexity index is 862. The SMILES string of the molecule is CCOC1=CC(=O)N([C@@H]2c3cc([N+](=O)[O-])ccc3OC(C)(C)[C@H]2OC(C)=O)C1. The van der Waals surface area contributed by atoms with E-state index in [9.17, 15) is 19.7 Å². The van der Waals surface area contributed by atoms with Crippen molar-refractivity contribution in [3.8, 4) is 5.75 Å². The van der Waals surface area contributed by atoms with Gasteiger partial charge in [-0.3, -0.25) is 19.7 Å². The van der Waals surface area contributed by atoms with Gasteiger partial charge in [0, 0.05) is 30.7 Å². The van der Waals surface area contributed by atoms with Crippen molar-refractivity contribution < 1.29 is 28.7 Å². The highest BCUT2D eigenvalue weighted by Crippen LogP contribution is 2.46. The van der Waals surface area contributed by atoms with E-state index in [1.54, 1.807) is 13.8 Å². The minimum absolute atomic E-state index is 0.140. The molecule has 28 heavy (non-hydrogen) atoms. The van der Waals surface area contributed by atoms with Gasteiger partial charge in [0.25, 0.3) is 11.6 Å². The largest absolute Gasteiger partial charge is 0.496 e. The molecule has 1 aromatic rings. The molecule has 0 unspecified atom stereocenters. The van der Waals surface area contributed by atoms with Crippen LogP contribution in [0.15, 0.2) is 30.0 Å². The minimum Gasteiger partial charge on any atom is -0.496 e. The van der Waals surface area contributed by atoms with Crippen LogP contribution in [0.3, 0.4) is 0 Å². The molecule has 2 heterocycles. The van der Waals surface area contributed by atoms with Crippen molar-refractivity contribution in [2.24, 2.45) is 0 Å². The van der Waals surface area contributed by atoms with E-state index < -0.39 is 28.6 Å². The maximum absolute atomic E-state index is 12.7. The second-order valence-electron chi connectivity index (χ2n) is 7.17. The van der Waals surface area contributed by atoms with Crippen LogP contribution in [0.5, 0.6) is 5.75 Å². The number of fused-ring (bicyclic) bond motifs is 1. The number of nitro benzene ring substituents is 1. The first-order chi connectivity index (χ1) is 13.1. The summed E-state index contributed by atoms with van der Waals surface area (Å²) in [6.45, 7) is 7.15. The lowest BCUT2D eigenvalue weighted by Crippen LogP contribution is -2.55. The lowest BCUT2D eigenvalue weighted by molar-refractivity contribution is -0.385. The lowest BCUT2D eigenvalue weighted by Gasteiger charge is -2.46. The monoisotopic (exact) mass is 390 g/mol. The quantitative estimate of drug-likeness (QED) is 0.432. The molecule has 9 heteroatoms. The van der Waals surface area contributed by atoms with Crippen LogP contribution >= 0.6 is 0 Å². The van der Waals surface area contributed by atoms with Crippen molar-refractivity contribution in [2.45, 2.75) is 45.4 Å². The van der Waals surface area contributed by atoms with Crippen molar-refractivity contribution in [3.05, 3.63) is 45.7 Å². The van der Waals surface area contributed by atoms with Gasteiger partial charge in [-0.15, -0.1) is 0 Å². The molecule has 2 aliphatic rings. The molecular formula is C19H22N2O7. The third-order valence-electron chi connectivity index (χ3n) is 4.72. The second kappa shape index (κ2) is 7.14. The number of non-ortho nitro benzene ring substituents is 1. The van der Waals surface area contributed by atoms with E-state index in [0.717, 1.165) is 0 Å². The van der Waals surface area contributed by atoms with Crippen LogP contribution in [0.25, 0.3) is 0 Å². The number of carbonyl (C=O) groups excluding carboxylic acids is 2. The summed E-state index contributed by atoms with van der Waals surface area (Å²) in [4.78, 5) is 36.7. The smallest absolute Gasteiger partial charge is 0.303 e. The molecule has 0 fully saturated rings. The fourth-order valence-corrected chi connectivity index (χ4v) is 3.59. The summed E-state index contributed by atoms with van der Waals surface area (Å²) < 4.78 is 17.0. The molecule has 0 spiro atoms. The third-order valence-corrected chi connectivity index (χ3v) is 4.72. The Labute approximate surface area is 162 Å². The zero-order valence-corrected chi connectivity index (χ0v) is 16.1. The number of nitrogens with zero attached hydrogens (tertiary/aromatic N) is 2. The molecule has 0 saturated heterocycles. The van der Waals surface area contributed by atoms with Gasteiger partial charge in [0.05, 0.1) is 18.1 Å². The molecule has 3 rings (SSSR count). The Balaban J connectivity index is 2.11. The summed E-state index contributed by atoms with van der Waals surface area (Å²) in [6, 6.07) is 3.44. The molecular weight excluding hydrogens is 368 g/mol. The summed E-state index contributed by atoms with van der Waals surface area (Å²) in [7, 11) is 0. The number of ether oxygens (including phenoxy) is 3. The molecule has 0 radical (unpaired) electrons. The van der Waals surface area contributed by atoms with Gasteiger partial charge in [-0.2, -0.15) is 0 Å². The van der Waals surface area contributed by atoms with Crippen molar-refractivity contribution >= 4 is 17.6 Å². The number of carbonyl (C=O) groups is 2. The number of benzene rings is 1. The van der Waals surface area contributed by atoms with E-state index in [1.807, 2.05) is 6.92 Å². The van der Waals surface area contributed by atoms with Crippen LogP contribution < -0.4 is 4.74 Å². The maximum atomic E-state index is 12.7. The Kier molecular flexibility index (Phi) is 5.01. The molecule has 0 aromatic heterocycles. The molecule has 150 valence electrons. The fourth-order valence-electron chi connectivity index (χ4n) is 3.59. The van der Waals surface area contributed by atoms with Gasteiger partial charge in [0.15, 0.2) is 6.10 Å². The van der Waals surface area contributed by atoms with E-state index in [0.29, 0.717) is 23.7 Å². The van der Waals surface area contributed by atoms with Gasteiger partial charge in [0.1, 0.15) is 23.2 Å². The third kappa shape index (κ3) is 3.51. The molecule has 0 bridgehead atoms. The maximum Gasteiger partial charge on any atom is 0.303 e.